The minimum absolute atomic E-state index is 0.0532. The number of halogens is 2. The Hall–Kier alpha value is -5.06. The van der Waals surface area contributed by atoms with Crippen molar-refractivity contribution in [3.05, 3.63) is 107 Å². The molecule has 40 heavy (non-hydrogen) atoms. The molecule has 2 amide bonds. The topological polar surface area (TPSA) is 131 Å². The number of amides is 2. The minimum Gasteiger partial charge on any atom is -0.480 e. The van der Waals surface area contributed by atoms with Crippen molar-refractivity contribution in [1.29, 1.82) is 0 Å². The number of carboxylic acids is 1. The van der Waals surface area contributed by atoms with Crippen LogP contribution in [0, 0.1) is 18.6 Å². The lowest BCUT2D eigenvalue weighted by molar-refractivity contribution is -0.139. The van der Waals surface area contributed by atoms with Crippen molar-refractivity contribution in [3.63, 3.8) is 0 Å². The summed E-state index contributed by atoms with van der Waals surface area (Å²) in [6, 6.07) is 17.0. The number of carbonyl (C=O) groups is 3. The van der Waals surface area contributed by atoms with Gasteiger partial charge in [-0.2, -0.15) is 0 Å². The zero-order chi connectivity index (χ0) is 28.8. The third kappa shape index (κ3) is 6.68. The molecule has 0 fully saturated rings. The van der Waals surface area contributed by atoms with Gasteiger partial charge in [-0.3, -0.25) is 10.1 Å². The van der Waals surface area contributed by atoms with Gasteiger partial charge in [-0.25, -0.2) is 18.4 Å². The highest BCUT2D eigenvalue weighted by molar-refractivity contribution is 5.97. The predicted octanol–water partition coefficient (Wildman–Crippen LogP) is 5.66. The third-order valence-corrected chi connectivity index (χ3v) is 6.09. The molecule has 2 unspecified atom stereocenters. The minimum atomic E-state index is -1.38. The summed E-state index contributed by atoms with van der Waals surface area (Å²) in [7, 11) is 0. The second-order valence-corrected chi connectivity index (χ2v) is 8.95. The van der Waals surface area contributed by atoms with Gasteiger partial charge in [0.15, 0.2) is 11.6 Å². The summed E-state index contributed by atoms with van der Waals surface area (Å²) >= 11 is 0. The number of carboxylic acid groups (broad SMARTS) is 1. The van der Waals surface area contributed by atoms with Crippen LogP contribution < -0.4 is 10.6 Å². The average Bonchev–Trinajstić information content (AvgIpc) is 3.29. The molecule has 4 aromatic rings. The monoisotopic (exact) mass is 549 g/mol. The number of aryl methyl sites for hydroxylation is 1. The SMILES string of the molecule is Cc1noc(NC(=O)OC(C)c2ccccc2)c1-c1ccc(C(=O)NC(Cc2ccc(F)c(F)c2)C(=O)O)cc1. The number of anilines is 1. The van der Waals surface area contributed by atoms with Crippen LogP contribution in [0.2, 0.25) is 0 Å². The molecule has 0 aliphatic carbocycles. The first-order chi connectivity index (χ1) is 19.1. The second-order valence-electron chi connectivity index (χ2n) is 8.95. The number of hydrogen-bond donors (Lipinski definition) is 3. The van der Waals surface area contributed by atoms with Crippen molar-refractivity contribution in [2.45, 2.75) is 32.4 Å². The molecule has 1 heterocycles. The van der Waals surface area contributed by atoms with Gasteiger partial charge in [0.05, 0.1) is 11.3 Å². The number of nitrogens with one attached hydrogen (secondary N) is 2. The number of ether oxygens (including phenoxy) is 1. The molecular formula is C29H25F2N3O6. The molecule has 1 aromatic heterocycles. The first kappa shape index (κ1) is 28.0. The fourth-order valence-electron chi connectivity index (χ4n) is 4.00. The Morgan fingerprint density at radius 2 is 1.70 bits per heavy atom. The molecule has 0 radical (unpaired) electrons. The molecule has 4 rings (SSSR count). The van der Waals surface area contributed by atoms with Crippen LogP contribution >= 0.6 is 0 Å². The van der Waals surface area contributed by atoms with Gasteiger partial charge < -0.3 is 19.7 Å². The number of hydrogen-bond acceptors (Lipinski definition) is 6. The summed E-state index contributed by atoms with van der Waals surface area (Å²) in [6.07, 6.45) is -1.50. The van der Waals surface area contributed by atoms with Gasteiger partial charge in [-0.1, -0.05) is 53.7 Å². The largest absolute Gasteiger partial charge is 0.480 e. The smallest absolute Gasteiger partial charge is 0.414 e. The molecule has 2 atom stereocenters. The molecule has 3 N–H and O–H groups in total. The number of nitrogens with zero attached hydrogens (tertiary/aromatic N) is 1. The van der Waals surface area contributed by atoms with E-state index in [0.717, 1.165) is 17.7 Å². The van der Waals surface area contributed by atoms with E-state index in [2.05, 4.69) is 15.8 Å². The summed E-state index contributed by atoms with van der Waals surface area (Å²) in [5.74, 6) is -4.13. The van der Waals surface area contributed by atoms with Crippen LogP contribution in [0.1, 0.15) is 40.2 Å². The van der Waals surface area contributed by atoms with Crippen LogP contribution in [0.5, 0.6) is 0 Å². The van der Waals surface area contributed by atoms with Gasteiger partial charge in [0.25, 0.3) is 5.91 Å². The maximum absolute atomic E-state index is 13.5. The lowest BCUT2D eigenvalue weighted by Gasteiger charge is -2.15. The Bertz CT molecular complexity index is 1520. The molecule has 0 saturated heterocycles. The van der Waals surface area contributed by atoms with E-state index in [9.17, 15) is 28.3 Å². The van der Waals surface area contributed by atoms with Crippen LogP contribution in [0.25, 0.3) is 11.1 Å². The summed E-state index contributed by atoms with van der Waals surface area (Å²) in [4.78, 5) is 36.9. The quantitative estimate of drug-likeness (QED) is 0.245. The summed E-state index contributed by atoms with van der Waals surface area (Å²) < 4.78 is 37.4. The van der Waals surface area contributed by atoms with Gasteiger partial charge in [0.2, 0.25) is 5.88 Å². The van der Waals surface area contributed by atoms with Crippen molar-refractivity contribution < 1.29 is 37.5 Å². The molecule has 206 valence electrons. The Labute approximate surface area is 227 Å². The van der Waals surface area contributed by atoms with Gasteiger partial charge >= 0.3 is 12.1 Å². The zero-order valence-electron chi connectivity index (χ0n) is 21.5. The van der Waals surface area contributed by atoms with E-state index < -0.39 is 41.7 Å². The van der Waals surface area contributed by atoms with E-state index in [1.54, 1.807) is 26.0 Å². The normalized spacial score (nSPS) is 12.3. The van der Waals surface area contributed by atoms with Crippen LogP contribution in [-0.4, -0.2) is 34.3 Å². The van der Waals surface area contributed by atoms with E-state index in [0.29, 0.717) is 16.8 Å². The van der Waals surface area contributed by atoms with Gasteiger partial charge in [-0.15, -0.1) is 0 Å². The molecule has 0 spiro atoms. The standard InChI is InChI=1S/C29H25F2N3O6/c1-16-25(27(40-34-16)33-29(38)39-17(2)19-6-4-3-5-7-19)20-9-11-21(12-10-20)26(35)32-24(28(36)37)15-18-8-13-22(30)23(31)14-18/h3-14,17,24H,15H2,1-2H3,(H,32,35)(H,33,38)(H,36,37). The van der Waals surface area contributed by atoms with Crippen molar-refractivity contribution in [2.24, 2.45) is 0 Å². The summed E-state index contributed by atoms with van der Waals surface area (Å²) in [5, 5.41) is 18.4. The highest BCUT2D eigenvalue weighted by Crippen LogP contribution is 2.32. The van der Waals surface area contributed by atoms with Gasteiger partial charge in [-0.05, 0) is 54.8 Å². The van der Waals surface area contributed by atoms with E-state index in [4.69, 9.17) is 9.26 Å². The Morgan fingerprint density at radius 1 is 1.00 bits per heavy atom. The lowest BCUT2D eigenvalue weighted by Crippen LogP contribution is -2.42. The molecule has 11 heteroatoms. The molecule has 0 aliphatic heterocycles. The molecule has 0 bridgehead atoms. The summed E-state index contributed by atoms with van der Waals surface area (Å²) in [6.45, 7) is 3.41. The molecule has 0 saturated carbocycles. The highest BCUT2D eigenvalue weighted by Gasteiger charge is 2.23. The zero-order valence-corrected chi connectivity index (χ0v) is 21.5. The van der Waals surface area contributed by atoms with E-state index in [1.165, 1.54) is 18.2 Å². The van der Waals surface area contributed by atoms with E-state index in [1.807, 2.05) is 30.3 Å². The molecule has 3 aromatic carbocycles. The lowest BCUT2D eigenvalue weighted by atomic mass is 10.0. The number of benzene rings is 3. The number of aliphatic carboxylic acids is 1. The van der Waals surface area contributed by atoms with Crippen molar-refractivity contribution >= 4 is 23.9 Å². The van der Waals surface area contributed by atoms with Crippen LogP contribution in [0.15, 0.2) is 77.3 Å². The Balaban J connectivity index is 1.44. The second kappa shape index (κ2) is 12.2. The van der Waals surface area contributed by atoms with Crippen molar-refractivity contribution in [1.82, 2.24) is 10.5 Å². The molecule has 0 aliphatic rings. The molecular weight excluding hydrogens is 524 g/mol. The highest BCUT2D eigenvalue weighted by atomic mass is 19.2. The average molecular weight is 550 g/mol. The van der Waals surface area contributed by atoms with Crippen molar-refractivity contribution in [2.75, 3.05) is 5.32 Å². The van der Waals surface area contributed by atoms with Crippen LogP contribution in [0.4, 0.5) is 19.5 Å². The number of carbonyl (C=O) groups excluding carboxylic acids is 2. The number of rotatable bonds is 9. The fourth-order valence-corrected chi connectivity index (χ4v) is 4.00. The maximum atomic E-state index is 13.5. The first-order valence-corrected chi connectivity index (χ1v) is 12.2. The predicted molar refractivity (Wildman–Crippen MR) is 141 cm³/mol. The van der Waals surface area contributed by atoms with E-state index >= 15 is 0 Å². The summed E-state index contributed by atoms with van der Waals surface area (Å²) in [5.41, 5.74) is 2.69. The first-order valence-electron chi connectivity index (χ1n) is 12.2. The Morgan fingerprint density at radius 3 is 2.35 bits per heavy atom. The third-order valence-electron chi connectivity index (χ3n) is 6.09. The van der Waals surface area contributed by atoms with Crippen LogP contribution in [0.3, 0.4) is 0 Å². The van der Waals surface area contributed by atoms with Crippen LogP contribution in [-0.2, 0) is 16.0 Å². The molecule has 9 nitrogen and oxygen atoms in total. The van der Waals surface area contributed by atoms with Gasteiger partial charge in [0.1, 0.15) is 12.1 Å². The number of aromatic nitrogens is 1. The van der Waals surface area contributed by atoms with Gasteiger partial charge in [0, 0.05) is 12.0 Å². The van der Waals surface area contributed by atoms with E-state index in [-0.39, 0.29) is 23.4 Å². The van der Waals surface area contributed by atoms with Crippen molar-refractivity contribution in [3.8, 4) is 11.1 Å². The Kier molecular flexibility index (Phi) is 8.53. The fraction of sp³-hybridized carbons (Fsp3) is 0.172. The maximum Gasteiger partial charge on any atom is 0.414 e.